The van der Waals surface area contributed by atoms with Crippen molar-refractivity contribution in [2.24, 2.45) is 0 Å². The van der Waals surface area contributed by atoms with Crippen molar-refractivity contribution in [1.29, 1.82) is 0 Å². The zero-order chi connectivity index (χ0) is 20.1. The molecule has 160 valence electrons. The monoisotopic (exact) mass is 424 g/mol. The zero-order valence-electron chi connectivity index (χ0n) is 18.4. The summed E-state index contributed by atoms with van der Waals surface area (Å²) in [5.74, 6) is 0. The van der Waals surface area contributed by atoms with E-state index in [1.54, 1.807) is 6.08 Å². The molecule has 6 heteroatoms. The van der Waals surface area contributed by atoms with Crippen molar-refractivity contribution < 1.29 is 46.7 Å². The van der Waals surface area contributed by atoms with Crippen molar-refractivity contribution in [2.45, 2.75) is 116 Å². The van der Waals surface area contributed by atoms with Gasteiger partial charge in [-0.15, -0.1) is 0 Å². The van der Waals surface area contributed by atoms with E-state index in [4.69, 9.17) is 0 Å². The van der Waals surface area contributed by atoms with Gasteiger partial charge in [0.15, 0.2) is 0 Å². The van der Waals surface area contributed by atoms with E-state index < -0.39 is 10.4 Å². The Morgan fingerprint density at radius 3 is 1.46 bits per heavy atom. The van der Waals surface area contributed by atoms with Crippen LogP contribution in [0.25, 0.3) is 0 Å². The van der Waals surface area contributed by atoms with E-state index in [1.807, 2.05) is 6.08 Å². The number of allylic oxidation sites excluding steroid dienone is 3. The summed E-state index contributed by atoms with van der Waals surface area (Å²) >= 11 is 0. The standard InChI is InChI=1S/C22H42O4S.Na/c1-2-3-4-5-6-7-8-9-10-11-12-13-14-15-16-17-18-19-20-21-22-26-27(23,24)25;/h19-22H,2-18H2,1H3,(H,23,24,25);/q;+1/p-1/b20-19+,22-21+;. The minimum atomic E-state index is -4.62. The zero-order valence-corrected chi connectivity index (χ0v) is 21.2. The molecular formula is C22H41NaO4S. The molecule has 0 radical (unpaired) electrons. The molecule has 0 atom stereocenters. The minimum absolute atomic E-state index is 0. The molecule has 0 bridgehead atoms. The van der Waals surface area contributed by atoms with E-state index >= 15 is 0 Å². The summed E-state index contributed by atoms with van der Waals surface area (Å²) in [6.07, 6.45) is 28.8. The van der Waals surface area contributed by atoms with Crippen molar-refractivity contribution in [3.8, 4) is 0 Å². The molecule has 0 amide bonds. The second kappa shape index (κ2) is 23.5. The van der Waals surface area contributed by atoms with Crippen molar-refractivity contribution in [3.63, 3.8) is 0 Å². The Kier molecular flexibility index (Phi) is 25.5. The topological polar surface area (TPSA) is 66.4 Å². The van der Waals surface area contributed by atoms with Crippen molar-refractivity contribution in [2.75, 3.05) is 0 Å². The van der Waals surface area contributed by atoms with Crippen LogP contribution in [0.1, 0.15) is 116 Å². The van der Waals surface area contributed by atoms with Crippen LogP contribution in [0.15, 0.2) is 24.5 Å². The van der Waals surface area contributed by atoms with Crippen LogP contribution in [0, 0.1) is 0 Å². The summed E-state index contributed by atoms with van der Waals surface area (Å²) in [6.45, 7) is 2.27. The summed E-state index contributed by atoms with van der Waals surface area (Å²) in [7, 11) is -4.62. The fourth-order valence-corrected chi connectivity index (χ4v) is 3.33. The van der Waals surface area contributed by atoms with Crippen LogP contribution >= 0.6 is 0 Å². The Bertz CT molecular complexity index is 461. The van der Waals surface area contributed by atoms with Gasteiger partial charge in [0.25, 0.3) is 10.4 Å². The van der Waals surface area contributed by atoms with Gasteiger partial charge in [0, 0.05) is 0 Å². The Balaban J connectivity index is 0. The fourth-order valence-electron chi connectivity index (χ4n) is 3.13. The molecule has 0 aliphatic heterocycles. The summed E-state index contributed by atoms with van der Waals surface area (Å²) < 4.78 is 34.5. The normalized spacial score (nSPS) is 11.9. The van der Waals surface area contributed by atoms with Crippen molar-refractivity contribution in [3.05, 3.63) is 24.5 Å². The van der Waals surface area contributed by atoms with Crippen LogP contribution in [-0.2, 0) is 14.6 Å². The van der Waals surface area contributed by atoms with Crippen LogP contribution in [0.3, 0.4) is 0 Å². The first-order valence-corrected chi connectivity index (χ1v) is 12.4. The molecule has 4 nitrogen and oxygen atoms in total. The first kappa shape index (κ1) is 30.4. The molecule has 0 fully saturated rings. The van der Waals surface area contributed by atoms with Crippen LogP contribution in [0.2, 0.25) is 0 Å². The molecule has 0 aromatic carbocycles. The molecule has 0 aromatic rings. The molecule has 0 aromatic heterocycles. The van der Waals surface area contributed by atoms with Crippen molar-refractivity contribution in [1.82, 2.24) is 0 Å². The quantitative estimate of drug-likeness (QED) is 0.0734. The summed E-state index contributed by atoms with van der Waals surface area (Å²) in [6, 6.07) is 0. The summed E-state index contributed by atoms with van der Waals surface area (Å²) in [5, 5.41) is 0. The molecule has 0 aliphatic carbocycles. The molecule has 0 N–H and O–H groups in total. The summed E-state index contributed by atoms with van der Waals surface area (Å²) in [5.41, 5.74) is 0. The Hall–Kier alpha value is 0.190. The first-order valence-electron chi connectivity index (χ1n) is 11.0. The molecule has 0 saturated heterocycles. The fraction of sp³-hybridized carbons (Fsp3) is 0.818. The summed E-state index contributed by atoms with van der Waals surface area (Å²) in [4.78, 5) is 0. The minimum Gasteiger partial charge on any atom is -0.716 e. The maximum absolute atomic E-state index is 10.2. The molecule has 0 aliphatic rings. The molecule has 0 spiro atoms. The van der Waals surface area contributed by atoms with E-state index in [0.717, 1.165) is 19.1 Å². The maximum Gasteiger partial charge on any atom is 1.00 e. The average molecular weight is 425 g/mol. The Morgan fingerprint density at radius 2 is 1.07 bits per heavy atom. The Labute approximate surface area is 196 Å². The molecular weight excluding hydrogens is 383 g/mol. The third kappa shape index (κ3) is 28.4. The molecule has 0 unspecified atom stereocenters. The smallest absolute Gasteiger partial charge is 0.716 e. The first-order chi connectivity index (χ1) is 13.1. The van der Waals surface area contributed by atoms with Crippen LogP contribution in [-0.4, -0.2) is 13.0 Å². The van der Waals surface area contributed by atoms with E-state index in [1.165, 1.54) is 102 Å². The molecule has 0 saturated carbocycles. The van der Waals surface area contributed by atoms with Gasteiger partial charge in [-0.3, -0.25) is 0 Å². The largest absolute Gasteiger partial charge is 1.00 e. The van der Waals surface area contributed by atoms with Crippen LogP contribution in [0.4, 0.5) is 0 Å². The molecule has 0 heterocycles. The van der Waals surface area contributed by atoms with Crippen LogP contribution in [0.5, 0.6) is 0 Å². The van der Waals surface area contributed by atoms with Gasteiger partial charge >= 0.3 is 29.6 Å². The average Bonchev–Trinajstić information content (AvgIpc) is 2.62. The third-order valence-electron chi connectivity index (χ3n) is 4.72. The number of hydrogen-bond acceptors (Lipinski definition) is 4. The van der Waals surface area contributed by atoms with Crippen molar-refractivity contribution >= 4 is 10.4 Å². The predicted molar refractivity (Wildman–Crippen MR) is 113 cm³/mol. The van der Waals surface area contributed by atoms with Gasteiger partial charge in [-0.25, -0.2) is 8.42 Å². The van der Waals surface area contributed by atoms with E-state index in [-0.39, 0.29) is 29.6 Å². The second-order valence-electron chi connectivity index (χ2n) is 7.35. The van der Waals surface area contributed by atoms with E-state index in [9.17, 15) is 13.0 Å². The van der Waals surface area contributed by atoms with E-state index in [0.29, 0.717) is 0 Å². The molecule has 0 rings (SSSR count). The van der Waals surface area contributed by atoms with E-state index in [2.05, 4.69) is 11.1 Å². The number of rotatable bonds is 20. The van der Waals surface area contributed by atoms with Gasteiger partial charge in [0.2, 0.25) is 0 Å². The van der Waals surface area contributed by atoms with Gasteiger partial charge in [0.05, 0.1) is 0 Å². The number of hydrogen-bond donors (Lipinski definition) is 0. The molecule has 28 heavy (non-hydrogen) atoms. The SMILES string of the molecule is CCCCCCCCCCCCCCCCCC/C=C/C=C/OS(=O)(=O)[O-].[Na+]. The van der Waals surface area contributed by atoms with Gasteiger partial charge in [-0.2, -0.15) is 0 Å². The van der Waals surface area contributed by atoms with Crippen LogP contribution < -0.4 is 29.6 Å². The van der Waals surface area contributed by atoms with Gasteiger partial charge in [-0.1, -0.05) is 115 Å². The van der Waals surface area contributed by atoms with Gasteiger partial charge in [0.1, 0.15) is 6.26 Å². The number of unbranched alkanes of at least 4 members (excludes halogenated alkanes) is 16. The Morgan fingerprint density at radius 1 is 0.679 bits per heavy atom. The maximum atomic E-state index is 10.2. The second-order valence-corrected chi connectivity index (χ2v) is 8.36. The van der Waals surface area contributed by atoms with Gasteiger partial charge < -0.3 is 8.74 Å². The predicted octanol–water partition coefficient (Wildman–Crippen LogP) is 4.19. The van der Waals surface area contributed by atoms with Gasteiger partial charge in [-0.05, 0) is 18.9 Å². The third-order valence-corrected chi connectivity index (χ3v) is 5.07.